The average Bonchev–Trinajstić information content (AvgIpc) is 2.85. The molecule has 0 aromatic carbocycles. The molecular weight excluding hydrogens is 244 g/mol. The maximum atomic E-state index is 11.7. The number of carbonyl (C=O) groups is 1. The lowest BCUT2D eigenvalue weighted by Crippen LogP contribution is -2.38. The van der Waals surface area contributed by atoms with Crippen LogP contribution in [-0.4, -0.2) is 52.0 Å². The number of rotatable bonds is 8. The summed E-state index contributed by atoms with van der Waals surface area (Å²) in [5.74, 6) is -0.0639. The number of carbonyl (C=O) groups excluding carboxylic acids is 1. The van der Waals surface area contributed by atoms with E-state index in [1.165, 1.54) is 4.68 Å². The number of hydrogen-bond donors (Lipinski definition) is 2. The van der Waals surface area contributed by atoms with Crippen LogP contribution in [0.1, 0.15) is 26.0 Å². The van der Waals surface area contributed by atoms with Gasteiger partial charge < -0.3 is 16.0 Å². The van der Waals surface area contributed by atoms with Crippen LogP contribution < -0.4 is 11.1 Å². The van der Waals surface area contributed by atoms with E-state index in [4.69, 9.17) is 5.73 Å². The molecule has 0 aliphatic heterocycles. The van der Waals surface area contributed by atoms with Crippen molar-refractivity contribution < 1.29 is 4.79 Å². The van der Waals surface area contributed by atoms with Crippen molar-refractivity contribution in [2.75, 3.05) is 20.1 Å². The molecule has 0 saturated heterocycles. The highest BCUT2D eigenvalue weighted by atomic mass is 16.2. The van der Waals surface area contributed by atoms with Crippen molar-refractivity contribution in [3.05, 3.63) is 11.9 Å². The van der Waals surface area contributed by atoms with Crippen LogP contribution in [0.3, 0.4) is 0 Å². The molecule has 0 spiro atoms. The molecule has 1 rings (SSSR count). The Kier molecular flexibility index (Phi) is 6.44. The summed E-state index contributed by atoms with van der Waals surface area (Å²) < 4.78 is 1.50. The second-order valence-corrected chi connectivity index (χ2v) is 4.70. The predicted octanol–water partition coefficient (Wildman–Crippen LogP) is -0.417. The molecule has 1 aromatic rings. The Morgan fingerprint density at radius 2 is 2.37 bits per heavy atom. The smallest absolute Gasteiger partial charge is 0.241 e. The highest BCUT2D eigenvalue weighted by Crippen LogP contribution is 1.98. The summed E-state index contributed by atoms with van der Waals surface area (Å²) in [6.07, 6.45) is 2.79. The number of nitrogens with zero attached hydrogens (tertiary/aromatic N) is 4. The predicted molar refractivity (Wildman–Crippen MR) is 73.3 cm³/mol. The maximum Gasteiger partial charge on any atom is 0.241 e. The van der Waals surface area contributed by atoms with Crippen molar-refractivity contribution in [2.45, 2.75) is 39.4 Å². The van der Waals surface area contributed by atoms with E-state index in [-0.39, 0.29) is 12.5 Å². The van der Waals surface area contributed by atoms with E-state index in [0.29, 0.717) is 24.8 Å². The molecular formula is C12H24N6O. The Hall–Kier alpha value is -1.47. The van der Waals surface area contributed by atoms with Crippen molar-refractivity contribution in [3.8, 4) is 0 Å². The first-order valence-electron chi connectivity index (χ1n) is 6.62. The normalized spacial score (nSPS) is 12.7. The largest absolute Gasteiger partial charge is 0.353 e. The molecule has 0 radical (unpaired) electrons. The fourth-order valence-electron chi connectivity index (χ4n) is 1.62. The molecule has 19 heavy (non-hydrogen) atoms. The van der Waals surface area contributed by atoms with Gasteiger partial charge in [0.25, 0.3) is 0 Å². The fraction of sp³-hybridized carbons (Fsp3) is 0.750. The monoisotopic (exact) mass is 268 g/mol. The Morgan fingerprint density at radius 1 is 1.63 bits per heavy atom. The van der Waals surface area contributed by atoms with Gasteiger partial charge in [0.05, 0.1) is 11.9 Å². The average molecular weight is 268 g/mol. The van der Waals surface area contributed by atoms with Gasteiger partial charge in [0.1, 0.15) is 6.54 Å². The Labute approximate surface area is 114 Å². The summed E-state index contributed by atoms with van der Waals surface area (Å²) >= 11 is 0. The molecule has 108 valence electrons. The van der Waals surface area contributed by atoms with Gasteiger partial charge in [-0.25, -0.2) is 4.68 Å². The molecule has 1 atom stereocenters. The maximum absolute atomic E-state index is 11.7. The molecule has 1 aromatic heterocycles. The van der Waals surface area contributed by atoms with Gasteiger partial charge in [0, 0.05) is 25.7 Å². The van der Waals surface area contributed by atoms with E-state index < -0.39 is 0 Å². The number of amides is 1. The van der Waals surface area contributed by atoms with E-state index in [9.17, 15) is 4.79 Å². The lowest BCUT2D eigenvalue weighted by molar-refractivity contribution is -0.121. The zero-order valence-corrected chi connectivity index (χ0v) is 12.0. The van der Waals surface area contributed by atoms with Gasteiger partial charge >= 0.3 is 0 Å². The molecule has 7 heteroatoms. The molecule has 3 N–H and O–H groups in total. The van der Waals surface area contributed by atoms with E-state index in [0.717, 1.165) is 13.0 Å². The second kappa shape index (κ2) is 7.85. The van der Waals surface area contributed by atoms with E-state index in [1.807, 2.05) is 0 Å². The third-order valence-corrected chi connectivity index (χ3v) is 3.23. The third-order valence-electron chi connectivity index (χ3n) is 3.23. The number of likely N-dealkylation sites (N-methyl/N-ethyl adjacent to an activating group) is 1. The van der Waals surface area contributed by atoms with Gasteiger partial charge in [-0.3, -0.25) is 4.79 Å². The van der Waals surface area contributed by atoms with Crippen molar-refractivity contribution in [2.24, 2.45) is 5.73 Å². The van der Waals surface area contributed by atoms with Gasteiger partial charge in [-0.1, -0.05) is 12.1 Å². The van der Waals surface area contributed by atoms with Gasteiger partial charge in [-0.15, -0.1) is 5.10 Å². The minimum atomic E-state index is -0.0639. The molecule has 0 bridgehead atoms. The summed E-state index contributed by atoms with van der Waals surface area (Å²) in [6.45, 7) is 6.32. The minimum Gasteiger partial charge on any atom is -0.353 e. The number of nitrogens with one attached hydrogen (secondary N) is 1. The third kappa shape index (κ3) is 5.35. The van der Waals surface area contributed by atoms with Crippen LogP contribution in [0.15, 0.2) is 6.20 Å². The van der Waals surface area contributed by atoms with Crippen molar-refractivity contribution in [1.82, 2.24) is 25.2 Å². The minimum absolute atomic E-state index is 0.0639. The second-order valence-electron chi connectivity index (χ2n) is 4.70. The Morgan fingerprint density at radius 3 is 2.95 bits per heavy atom. The number of hydrogen-bond acceptors (Lipinski definition) is 5. The number of aromatic nitrogens is 3. The van der Waals surface area contributed by atoms with Crippen LogP contribution in [0.5, 0.6) is 0 Å². The van der Waals surface area contributed by atoms with Gasteiger partial charge in [-0.05, 0) is 20.4 Å². The van der Waals surface area contributed by atoms with Crippen LogP contribution >= 0.6 is 0 Å². The molecule has 1 heterocycles. The van der Waals surface area contributed by atoms with Crippen molar-refractivity contribution in [1.29, 1.82) is 0 Å². The standard InChI is InChI=1S/C12H24N6O/c1-4-10(2)17(3)6-5-14-12(19)9-18-8-11(7-13)15-16-18/h8,10H,4-7,9,13H2,1-3H3,(H,14,19). The van der Waals surface area contributed by atoms with Crippen molar-refractivity contribution >= 4 is 5.91 Å². The summed E-state index contributed by atoms with van der Waals surface area (Å²) in [5.41, 5.74) is 6.11. The Balaban J connectivity index is 2.24. The van der Waals surface area contributed by atoms with Gasteiger partial charge in [0.15, 0.2) is 0 Å². The van der Waals surface area contributed by atoms with E-state index in [2.05, 4.69) is 41.4 Å². The fourth-order valence-corrected chi connectivity index (χ4v) is 1.62. The summed E-state index contributed by atoms with van der Waals surface area (Å²) in [7, 11) is 2.06. The zero-order valence-electron chi connectivity index (χ0n) is 12.0. The molecule has 7 nitrogen and oxygen atoms in total. The lowest BCUT2D eigenvalue weighted by Gasteiger charge is -2.23. The highest BCUT2D eigenvalue weighted by molar-refractivity contribution is 5.75. The van der Waals surface area contributed by atoms with Gasteiger partial charge in [-0.2, -0.15) is 0 Å². The van der Waals surface area contributed by atoms with E-state index in [1.54, 1.807) is 6.20 Å². The molecule has 0 aliphatic carbocycles. The summed E-state index contributed by atoms with van der Waals surface area (Å²) in [5, 5.41) is 10.5. The SMILES string of the molecule is CCC(C)N(C)CCNC(=O)Cn1cc(CN)nn1. The van der Waals surface area contributed by atoms with E-state index >= 15 is 0 Å². The molecule has 0 fully saturated rings. The molecule has 1 unspecified atom stereocenters. The summed E-state index contributed by atoms with van der Waals surface area (Å²) in [4.78, 5) is 13.9. The van der Waals surface area contributed by atoms with Crippen LogP contribution in [-0.2, 0) is 17.9 Å². The molecule has 0 saturated carbocycles. The topological polar surface area (TPSA) is 89.1 Å². The highest BCUT2D eigenvalue weighted by Gasteiger charge is 2.08. The first-order valence-corrected chi connectivity index (χ1v) is 6.62. The molecule has 0 aliphatic rings. The first-order chi connectivity index (χ1) is 9.06. The number of nitrogens with two attached hydrogens (primary N) is 1. The van der Waals surface area contributed by atoms with Crippen molar-refractivity contribution in [3.63, 3.8) is 0 Å². The lowest BCUT2D eigenvalue weighted by atomic mass is 10.2. The first kappa shape index (κ1) is 15.6. The van der Waals surface area contributed by atoms with Crippen LogP contribution in [0, 0.1) is 0 Å². The molecule has 1 amide bonds. The van der Waals surface area contributed by atoms with Crippen LogP contribution in [0.4, 0.5) is 0 Å². The quantitative estimate of drug-likeness (QED) is 0.668. The van der Waals surface area contributed by atoms with Crippen LogP contribution in [0.2, 0.25) is 0 Å². The van der Waals surface area contributed by atoms with Gasteiger partial charge in [0.2, 0.25) is 5.91 Å². The summed E-state index contributed by atoms with van der Waals surface area (Å²) in [6, 6.07) is 0.527. The Bertz CT molecular complexity index is 391. The van der Waals surface area contributed by atoms with Crippen LogP contribution in [0.25, 0.3) is 0 Å². The zero-order chi connectivity index (χ0) is 14.3.